The standard InChI is InChI=1S/C10H11BrO2/c1-3-7-4-8(13)5-9(11)10(7)6(2)12/h4-5,13H,3H2,1-2H3. The SMILES string of the molecule is CCc1cc(O)cc(Br)c1C(C)=O. The predicted octanol–water partition coefficient (Wildman–Crippen LogP) is 2.92. The highest BCUT2D eigenvalue weighted by Crippen LogP contribution is 2.27. The number of hydrogen-bond acceptors (Lipinski definition) is 2. The van der Waals surface area contributed by atoms with Gasteiger partial charge < -0.3 is 5.11 Å². The van der Waals surface area contributed by atoms with Gasteiger partial charge in [-0.25, -0.2) is 0 Å². The molecule has 70 valence electrons. The van der Waals surface area contributed by atoms with Gasteiger partial charge in [-0.05, 0) is 47.0 Å². The number of aryl methyl sites for hydroxylation is 1. The molecule has 0 aromatic heterocycles. The Balaban J connectivity index is 3.38. The Morgan fingerprint density at radius 2 is 2.15 bits per heavy atom. The molecule has 1 aromatic rings. The van der Waals surface area contributed by atoms with E-state index in [-0.39, 0.29) is 11.5 Å². The number of halogens is 1. The summed E-state index contributed by atoms with van der Waals surface area (Å²) in [5.41, 5.74) is 1.54. The van der Waals surface area contributed by atoms with Crippen molar-refractivity contribution in [2.24, 2.45) is 0 Å². The van der Waals surface area contributed by atoms with Crippen molar-refractivity contribution >= 4 is 21.7 Å². The lowest BCUT2D eigenvalue weighted by Crippen LogP contribution is -1.99. The lowest BCUT2D eigenvalue weighted by Gasteiger charge is -2.07. The molecule has 0 heterocycles. The summed E-state index contributed by atoms with van der Waals surface area (Å²) in [4.78, 5) is 11.2. The van der Waals surface area contributed by atoms with Gasteiger partial charge in [0, 0.05) is 10.0 Å². The van der Waals surface area contributed by atoms with E-state index in [0.29, 0.717) is 10.0 Å². The molecule has 0 amide bonds. The van der Waals surface area contributed by atoms with Crippen LogP contribution in [0.25, 0.3) is 0 Å². The van der Waals surface area contributed by atoms with Gasteiger partial charge in [0.05, 0.1) is 0 Å². The van der Waals surface area contributed by atoms with Crippen molar-refractivity contribution in [3.63, 3.8) is 0 Å². The molecule has 1 N–H and O–H groups in total. The molecule has 0 fully saturated rings. The van der Waals surface area contributed by atoms with Gasteiger partial charge in [0.1, 0.15) is 5.75 Å². The van der Waals surface area contributed by atoms with Gasteiger partial charge in [-0.1, -0.05) is 6.92 Å². The van der Waals surface area contributed by atoms with Gasteiger partial charge in [-0.2, -0.15) is 0 Å². The molecule has 3 heteroatoms. The second kappa shape index (κ2) is 3.92. The minimum atomic E-state index is 0.0173. The summed E-state index contributed by atoms with van der Waals surface area (Å²) in [7, 11) is 0. The molecular weight excluding hydrogens is 232 g/mol. The first-order valence-corrected chi connectivity index (χ1v) is 4.88. The topological polar surface area (TPSA) is 37.3 Å². The second-order valence-corrected chi connectivity index (χ2v) is 3.73. The van der Waals surface area contributed by atoms with Crippen LogP contribution in [0, 0.1) is 0 Å². The lowest BCUT2D eigenvalue weighted by molar-refractivity contribution is 0.101. The van der Waals surface area contributed by atoms with E-state index < -0.39 is 0 Å². The largest absolute Gasteiger partial charge is 0.508 e. The van der Waals surface area contributed by atoms with Crippen molar-refractivity contribution in [3.8, 4) is 5.75 Å². The molecule has 0 aliphatic carbocycles. The maximum Gasteiger partial charge on any atom is 0.161 e. The number of rotatable bonds is 2. The maximum absolute atomic E-state index is 11.2. The minimum absolute atomic E-state index is 0.0173. The fourth-order valence-electron chi connectivity index (χ4n) is 1.32. The highest BCUT2D eigenvalue weighted by molar-refractivity contribution is 9.10. The van der Waals surface area contributed by atoms with Crippen LogP contribution >= 0.6 is 15.9 Å². The number of carbonyl (C=O) groups excluding carboxylic acids is 1. The monoisotopic (exact) mass is 242 g/mol. The Morgan fingerprint density at radius 1 is 1.54 bits per heavy atom. The molecule has 0 unspecified atom stereocenters. The zero-order valence-electron chi connectivity index (χ0n) is 7.60. The van der Waals surface area contributed by atoms with Crippen LogP contribution in [0.5, 0.6) is 5.75 Å². The van der Waals surface area contributed by atoms with Crippen LogP contribution in [0.15, 0.2) is 16.6 Å². The highest BCUT2D eigenvalue weighted by Gasteiger charge is 2.11. The second-order valence-electron chi connectivity index (χ2n) is 2.87. The Morgan fingerprint density at radius 3 is 2.62 bits per heavy atom. The summed E-state index contributed by atoms with van der Waals surface area (Å²) >= 11 is 3.26. The predicted molar refractivity (Wildman–Crippen MR) is 55.2 cm³/mol. The molecule has 1 rings (SSSR count). The number of carbonyl (C=O) groups is 1. The first-order chi connectivity index (χ1) is 6.06. The van der Waals surface area contributed by atoms with Crippen LogP contribution in [0.3, 0.4) is 0 Å². The fraction of sp³-hybridized carbons (Fsp3) is 0.300. The van der Waals surface area contributed by atoms with E-state index in [0.717, 1.165) is 12.0 Å². The molecule has 0 saturated carbocycles. The number of phenols is 1. The molecule has 0 radical (unpaired) electrons. The maximum atomic E-state index is 11.2. The summed E-state index contributed by atoms with van der Waals surface area (Å²) in [6, 6.07) is 3.16. The molecule has 13 heavy (non-hydrogen) atoms. The molecule has 0 aliphatic heterocycles. The third-order valence-electron chi connectivity index (χ3n) is 1.89. The molecular formula is C10H11BrO2. The lowest BCUT2D eigenvalue weighted by atomic mass is 10.0. The van der Waals surface area contributed by atoms with E-state index in [4.69, 9.17) is 0 Å². The van der Waals surface area contributed by atoms with Gasteiger partial charge in [0.15, 0.2) is 5.78 Å². The number of benzene rings is 1. The molecule has 1 aromatic carbocycles. The van der Waals surface area contributed by atoms with E-state index in [1.54, 1.807) is 6.07 Å². The number of Topliss-reactive ketones (excluding diaryl/α,β-unsaturated/α-hetero) is 1. The zero-order chi connectivity index (χ0) is 10.0. The first kappa shape index (κ1) is 10.3. The highest BCUT2D eigenvalue weighted by atomic mass is 79.9. The third kappa shape index (κ3) is 2.10. The summed E-state index contributed by atoms with van der Waals surface area (Å²) in [6.45, 7) is 3.48. The Hall–Kier alpha value is -0.830. The Labute approximate surface area is 85.7 Å². The van der Waals surface area contributed by atoms with Crippen LogP contribution in [0.4, 0.5) is 0 Å². The van der Waals surface area contributed by atoms with Crippen LogP contribution in [0.2, 0.25) is 0 Å². The summed E-state index contributed by atoms with van der Waals surface area (Å²) in [6.07, 6.45) is 0.738. The number of ketones is 1. The first-order valence-electron chi connectivity index (χ1n) is 4.08. The summed E-state index contributed by atoms with van der Waals surface area (Å²) in [5, 5.41) is 9.29. The van der Waals surface area contributed by atoms with Gasteiger partial charge in [-0.3, -0.25) is 4.79 Å². The molecule has 0 aliphatic rings. The zero-order valence-corrected chi connectivity index (χ0v) is 9.18. The quantitative estimate of drug-likeness (QED) is 0.811. The Bertz CT molecular complexity index is 345. The van der Waals surface area contributed by atoms with E-state index in [1.807, 2.05) is 6.92 Å². The van der Waals surface area contributed by atoms with Gasteiger partial charge in [-0.15, -0.1) is 0 Å². The van der Waals surface area contributed by atoms with Crippen molar-refractivity contribution in [3.05, 3.63) is 27.7 Å². The van der Waals surface area contributed by atoms with Gasteiger partial charge in [0.2, 0.25) is 0 Å². The van der Waals surface area contributed by atoms with E-state index in [9.17, 15) is 9.90 Å². The van der Waals surface area contributed by atoms with Crippen molar-refractivity contribution in [1.82, 2.24) is 0 Å². The van der Waals surface area contributed by atoms with Crippen LogP contribution in [0.1, 0.15) is 29.8 Å². The molecule has 0 atom stereocenters. The molecule has 0 bridgehead atoms. The van der Waals surface area contributed by atoms with Gasteiger partial charge >= 0.3 is 0 Å². The fourth-order valence-corrected chi connectivity index (χ4v) is 2.09. The Kier molecular flexibility index (Phi) is 3.09. The molecule has 2 nitrogen and oxygen atoms in total. The van der Waals surface area contributed by atoms with E-state index >= 15 is 0 Å². The minimum Gasteiger partial charge on any atom is -0.508 e. The molecule has 0 saturated heterocycles. The average Bonchev–Trinajstić information content (AvgIpc) is 2.01. The summed E-state index contributed by atoms with van der Waals surface area (Å²) in [5.74, 6) is 0.206. The van der Waals surface area contributed by atoms with Crippen molar-refractivity contribution in [2.75, 3.05) is 0 Å². The normalized spacial score (nSPS) is 10.1. The summed E-state index contributed by atoms with van der Waals surface area (Å²) < 4.78 is 0.664. The van der Waals surface area contributed by atoms with Crippen LogP contribution < -0.4 is 0 Å². The third-order valence-corrected chi connectivity index (χ3v) is 2.52. The van der Waals surface area contributed by atoms with E-state index in [1.165, 1.54) is 13.0 Å². The smallest absolute Gasteiger partial charge is 0.161 e. The van der Waals surface area contributed by atoms with Crippen molar-refractivity contribution in [1.29, 1.82) is 0 Å². The van der Waals surface area contributed by atoms with Crippen molar-refractivity contribution < 1.29 is 9.90 Å². The number of hydrogen-bond donors (Lipinski definition) is 1. The number of aromatic hydroxyl groups is 1. The van der Waals surface area contributed by atoms with Gasteiger partial charge in [0.25, 0.3) is 0 Å². The van der Waals surface area contributed by atoms with Crippen LogP contribution in [-0.4, -0.2) is 10.9 Å². The van der Waals surface area contributed by atoms with E-state index in [2.05, 4.69) is 15.9 Å². The molecule has 0 spiro atoms. The average molecular weight is 243 g/mol. The van der Waals surface area contributed by atoms with Crippen molar-refractivity contribution in [2.45, 2.75) is 20.3 Å². The van der Waals surface area contributed by atoms with Crippen LogP contribution in [-0.2, 0) is 6.42 Å². The number of phenolic OH excluding ortho intramolecular Hbond substituents is 1.